The van der Waals surface area contributed by atoms with E-state index in [1.165, 1.54) is 15.4 Å². The van der Waals surface area contributed by atoms with Gasteiger partial charge < -0.3 is 0 Å². The van der Waals surface area contributed by atoms with Crippen molar-refractivity contribution in [3.8, 4) is 0 Å². The zero-order valence-electron chi connectivity index (χ0n) is 11.0. The molecule has 0 bridgehead atoms. The van der Waals surface area contributed by atoms with Crippen LogP contribution in [0, 0.1) is 6.92 Å². The summed E-state index contributed by atoms with van der Waals surface area (Å²) in [5.41, 5.74) is 0.633. The summed E-state index contributed by atoms with van der Waals surface area (Å²) in [5.74, 6) is 0. The lowest BCUT2D eigenvalue weighted by Crippen LogP contribution is -2.42. The summed E-state index contributed by atoms with van der Waals surface area (Å²) < 4.78 is 2.82. The third-order valence-corrected chi connectivity index (χ3v) is 3.92. The largest absolute Gasteiger partial charge is 0.353 e. The molecule has 100 valence electrons. The van der Waals surface area contributed by atoms with Crippen molar-refractivity contribution < 1.29 is 0 Å². The van der Waals surface area contributed by atoms with E-state index in [0.29, 0.717) is 5.65 Å². The average molecular weight is 259 g/mol. The molecular formula is C14H17N3O2. The van der Waals surface area contributed by atoms with Gasteiger partial charge in [-0.15, -0.1) is 0 Å². The molecule has 0 aromatic carbocycles. The first kappa shape index (κ1) is 12.1. The van der Waals surface area contributed by atoms with Crippen molar-refractivity contribution in [1.29, 1.82) is 0 Å². The van der Waals surface area contributed by atoms with Crippen molar-refractivity contribution in [2.75, 3.05) is 0 Å². The summed E-state index contributed by atoms with van der Waals surface area (Å²) in [5, 5.41) is 0. The minimum Gasteiger partial charge on any atom is -0.252 e. The van der Waals surface area contributed by atoms with E-state index in [9.17, 15) is 9.59 Å². The monoisotopic (exact) mass is 259 g/mol. The van der Waals surface area contributed by atoms with E-state index in [2.05, 4.69) is 4.98 Å². The molecule has 2 aromatic heterocycles. The highest BCUT2D eigenvalue weighted by Gasteiger charge is 2.20. The van der Waals surface area contributed by atoms with E-state index in [1.54, 1.807) is 12.3 Å². The molecule has 1 aliphatic rings. The molecule has 2 heterocycles. The van der Waals surface area contributed by atoms with Crippen LogP contribution in [0.15, 0.2) is 27.9 Å². The van der Waals surface area contributed by atoms with Crippen LogP contribution >= 0.6 is 0 Å². The molecule has 0 atom stereocenters. The smallest absolute Gasteiger partial charge is 0.252 e. The van der Waals surface area contributed by atoms with Gasteiger partial charge in [0.05, 0.1) is 0 Å². The van der Waals surface area contributed by atoms with Crippen molar-refractivity contribution >= 4 is 5.65 Å². The molecule has 0 N–H and O–H groups in total. The van der Waals surface area contributed by atoms with Gasteiger partial charge >= 0.3 is 11.4 Å². The lowest BCUT2D eigenvalue weighted by atomic mass is 9.95. The summed E-state index contributed by atoms with van der Waals surface area (Å²) in [6.07, 6.45) is 6.81. The Balaban J connectivity index is 2.26. The lowest BCUT2D eigenvalue weighted by Gasteiger charge is -2.22. The fourth-order valence-corrected chi connectivity index (χ4v) is 2.90. The Morgan fingerprint density at radius 2 is 1.95 bits per heavy atom. The van der Waals surface area contributed by atoms with Gasteiger partial charge in [-0.25, -0.2) is 14.2 Å². The Kier molecular flexibility index (Phi) is 2.97. The van der Waals surface area contributed by atoms with Gasteiger partial charge in [-0.2, -0.15) is 4.98 Å². The molecule has 5 heteroatoms. The Morgan fingerprint density at radius 3 is 2.68 bits per heavy atom. The fraction of sp³-hybridized carbons (Fsp3) is 0.500. The van der Waals surface area contributed by atoms with Crippen LogP contribution in [0.2, 0.25) is 0 Å². The van der Waals surface area contributed by atoms with Gasteiger partial charge in [-0.3, -0.25) is 4.40 Å². The van der Waals surface area contributed by atoms with E-state index in [-0.39, 0.29) is 11.7 Å². The standard InChI is InChI=1S/C14H17N3O2/c1-10-6-5-9-16-12(10)15-13(18)17(14(16)19)11-7-3-2-4-8-11/h5-6,9,11H,2-4,7-8H2,1H3. The molecule has 1 saturated carbocycles. The first-order valence-corrected chi connectivity index (χ1v) is 6.79. The molecule has 19 heavy (non-hydrogen) atoms. The molecule has 1 fully saturated rings. The number of pyridine rings is 1. The molecular weight excluding hydrogens is 242 g/mol. The highest BCUT2D eigenvalue weighted by Crippen LogP contribution is 2.25. The van der Waals surface area contributed by atoms with Crippen LogP contribution < -0.4 is 11.4 Å². The number of hydrogen-bond acceptors (Lipinski definition) is 3. The molecule has 0 aliphatic heterocycles. The lowest BCUT2D eigenvalue weighted by molar-refractivity contribution is 0.331. The van der Waals surface area contributed by atoms with Crippen molar-refractivity contribution in [3.63, 3.8) is 0 Å². The Morgan fingerprint density at radius 1 is 1.21 bits per heavy atom. The Labute approximate surface area is 110 Å². The number of nitrogens with zero attached hydrogens (tertiary/aromatic N) is 3. The van der Waals surface area contributed by atoms with E-state index in [4.69, 9.17) is 0 Å². The zero-order valence-corrected chi connectivity index (χ0v) is 11.0. The van der Waals surface area contributed by atoms with E-state index in [1.807, 2.05) is 13.0 Å². The normalized spacial score (nSPS) is 16.9. The van der Waals surface area contributed by atoms with Crippen molar-refractivity contribution in [1.82, 2.24) is 14.0 Å². The first-order chi connectivity index (χ1) is 9.18. The highest BCUT2D eigenvalue weighted by molar-refractivity contribution is 5.45. The molecule has 0 unspecified atom stereocenters. The minimum atomic E-state index is -0.411. The second kappa shape index (κ2) is 4.64. The van der Waals surface area contributed by atoms with Gasteiger partial charge in [0, 0.05) is 12.2 Å². The summed E-state index contributed by atoms with van der Waals surface area (Å²) in [6, 6.07) is 3.67. The van der Waals surface area contributed by atoms with Gasteiger partial charge in [0.25, 0.3) is 0 Å². The van der Waals surface area contributed by atoms with Crippen LogP contribution in [0.1, 0.15) is 43.7 Å². The average Bonchev–Trinajstić information content (AvgIpc) is 2.41. The Bertz CT molecular complexity index is 724. The van der Waals surface area contributed by atoms with Crippen molar-refractivity contribution in [2.45, 2.75) is 45.1 Å². The predicted molar refractivity (Wildman–Crippen MR) is 72.6 cm³/mol. The highest BCUT2D eigenvalue weighted by atomic mass is 16.2. The molecule has 1 aliphatic carbocycles. The second-order valence-corrected chi connectivity index (χ2v) is 5.22. The van der Waals surface area contributed by atoms with Crippen LogP contribution in [0.4, 0.5) is 0 Å². The molecule has 0 saturated heterocycles. The number of fused-ring (bicyclic) bond motifs is 1. The molecule has 5 nitrogen and oxygen atoms in total. The maximum atomic E-state index is 12.5. The van der Waals surface area contributed by atoms with Crippen LogP contribution in [-0.2, 0) is 0 Å². The van der Waals surface area contributed by atoms with Gasteiger partial charge in [0.15, 0.2) is 0 Å². The van der Waals surface area contributed by atoms with Crippen molar-refractivity contribution in [3.05, 3.63) is 44.9 Å². The topological polar surface area (TPSA) is 56.4 Å². The number of rotatable bonds is 1. The van der Waals surface area contributed by atoms with Crippen LogP contribution in [0.3, 0.4) is 0 Å². The van der Waals surface area contributed by atoms with Crippen molar-refractivity contribution in [2.24, 2.45) is 0 Å². The SMILES string of the molecule is Cc1cccn2c(=O)n(C3CCCCC3)c(=O)nc12. The molecule has 0 amide bonds. The van der Waals surface area contributed by atoms with Gasteiger partial charge in [0.1, 0.15) is 5.65 Å². The third-order valence-electron chi connectivity index (χ3n) is 3.92. The van der Waals surface area contributed by atoms with E-state index >= 15 is 0 Å². The maximum absolute atomic E-state index is 12.5. The summed E-state index contributed by atoms with van der Waals surface area (Å²) in [7, 11) is 0. The summed E-state index contributed by atoms with van der Waals surface area (Å²) in [4.78, 5) is 28.7. The zero-order chi connectivity index (χ0) is 13.4. The van der Waals surface area contributed by atoms with Crippen LogP contribution in [0.25, 0.3) is 5.65 Å². The number of aryl methyl sites for hydroxylation is 1. The Hall–Kier alpha value is -1.91. The van der Waals surface area contributed by atoms with Crippen LogP contribution in [-0.4, -0.2) is 14.0 Å². The predicted octanol–water partition coefficient (Wildman–Crippen LogP) is 1.67. The van der Waals surface area contributed by atoms with E-state index < -0.39 is 5.69 Å². The fourth-order valence-electron chi connectivity index (χ4n) is 2.90. The molecule has 3 rings (SSSR count). The second-order valence-electron chi connectivity index (χ2n) is 5.22. The number of aromatic nitrogens is 3. The van der Waals surface area contributed by atoms with Gasteiger partial charge in [0.2, 0.25) is 0 Å². The third kappa shape index (κ3) is 1.99. The first-order valence-electron chi connectivity index (χ1n) is 6.79. The van der Waals surface area contributed by atoms with Crippen LogP contribution in [0.5, 0.6) is 0 Å². The van der Waals surface area contributed by atoms with Gasteiger partial charge in [-0.05, 0) is 31.4 Å². The molecule has 2 aromatic rings. The number of hydrogen-bond donors (Lipinski definition) is 0. The minimum absolute atomic E-state index is 0.0127. The van der Waals surface area contributed by atoms with E-state index in [0.717, 1.165) is 31.2 Å². The summed E-state index contributed by atoms with van der Waals surface area (Å²) >= 11 is 0. The van der Waals surface area contributed by atoms with Gasteiger partial charge in [-0.1, -0.05) is 25.3 Å². The maximum Gasteiger partial charge on any atom is 0.353 e. The molecule has 0 spiro atoms. The summed E-state index contributed by atoms with van der Waals surface area (Å²) in [6.45, 7) is 1.85. The quantitative estimate of drug-likeness (QED) is 0.782. The molecule has 0 radical (unpaired) electrons.